The van der Waals surface area contributed by atoms with E-state index in [1.807, 2.05) is 6.07 Å². The Morgan fingerprint density at radius 1 is 1.25 bits per heavy atom. The first-order chi connectivity index (χ1) is 9.65. The summed E-state index contributed by atoms with van der Waals surface area (Å²) in [5.74, 6) is -0.426. The summed E-state index contributed by atoms with van der Waals surface area (Å²) >= 11 is 1.60. The van der Waals surface area contributed by atoms with Gasteiger partial charge >= 0.3 is 0 Å². The summed E-state index contributed by atoms with van der Waals surface area (Å²) in [6.07, 6.45) is 7.62. The Morgan fingerprint density at radius 3 is 2.65 bits per heavy atom. The Labute approximate surface area is 122 Å². The van der Waals surface area contributed by atoms with Gasteiger partial charge in [-0.05, 0) is 43.7 Å². The van der Waals surface area contributed by atoms with Crippen LogP contribution in [0.5, 0.6) is 0 Å². The summed E-state index contributed by atoms with van der Waals surface area (Å²) in [7, 11) is 0. The minimum Gasteiger partial charge on any atom is -0.368 e. The monoisotopic (exact) mass is 292 g/mol. The van der Waals surface area contributed by atoms with Gasteiger partial charge in [0.2, 0.25) is 5.91 Å². The summed E-state index contributed by atoms with van der Waals surface area (Å²) in [6, 6.07) is 2.21. The molecule has 1 heterocycles. The maximum Gasteiger partial charge on any atom is 0.264 e. The summed E-state index contributed by atoms with van der Waals surface area (Å²) < 4.78 is 0. The van der Waals surface area contributed by atoms with Gasteiger partial charge in [0.15, 0.2) is 0 Å². The van der Waals surface area contributed by atoms with Gasteiger partial charge in [-0.15, -0.1) is 11.3 Å². The topological polar surface area (TPSA) is 63.4 Å². The Kier molecular flexibility index (Phi) is 3.78. The number of carbonyl (C=O) groups excluding carboxylic acids is 2. The fourth-order valence-corrected chi connectivity index (χ4v) is 4.54. The quantitative estimate of drug-likeness (QED) is 0.923. The number of rotatable bonds is 4. The smallest absolute Gasteiger partial charge is 0.264 e. The highest BCUT2D eigenvalue weighted by Crippen LogP contribution is 2.32. The molecule has 1 aromatic heterocycles. The van der Waals surface area contributed by atoms with Crippen LogP contribution in [0.1, 0.15) is 52.2 Å². The number of fused-ring (bicyclic) bond motifs is 1. The zero-order chi connectivity index (χ0) is 14.1. The fourth-order valence-electron chi connectivity index (χ4n) is 3.33. The second-order valence-corrected chi connectivity index (χ2v) is 6.89. The molecule has 0 atom stereocenters. The van der Waals surface area contributed by atoms with E-state index in [4.69, 9.17) is 5.73 Å². The maximum atomic E-state index is 12.7. The lowest BCUT2D eigenvalue weighted by Gasteiger charge is -2.27. The van der Waals surface area contributed by atoms with Crippen molar-refractivity contribution in [1.29, 1.82) is 0 Å². The molecule has 0 aromatic carbocycles. The lowest BCUT2D eigenvalue weighted by Crippen LogP contribution is -2.43. The molecule has 0 bridgehead atoms. The number of aryl methyl sites for hydroxylation is 2. The lowest BCUT2D eigenvalue weighted by atomic mass is 10.2. The van der Waals surface area contributed by atoms with E-state index in [2.05, 4.69) is 0 Å². The average molecular weight is 292 g/mol. The number of hydrogen-bond acceptors (Lipinski definition) is 3. The van der Waals surface area contributed by atoms with Gasteiger partial charge in [-0.3, -0.25) is 9.59 Å². The van der Waals surface area contributed by atoms with Crippen LogP contribution in [0.25, 0.3) is 0 Å². The second kappa shape index (κ2) is 5.56. The van der Waals surface area contributed by atoms with E-state index >= 15 is 0 Å². The molecule has 0 aliphatic heterocycles. The largest absolute Gasteiger partial charge is 0.368 e. The Hall–Kier alpha value is -1.36. The van der Waals surface area contributed by atoms with Gasteiger partial charge in [0, 0.05) is 10.9 Å². The molecule has 1 saturated carbocycles. The van der Waals surface area contributed by atoms with Crippen molar-refractivity contribution in [1.82, 2.24) is 4.90 Å². The maximum absolute atomic E-state index is 12.7. The zero-order valence-corrected chi connectivity index (χ0v) is 12.4. The molecule has 108 valence electrons. The predicted molar refractivity (Wildman–Crippen MR) is 78.8 cm³/mol. The number of amides is 2. The third-order valence-corrected chi connectivity index (χ3v) is 5.53. The molecule has 2 aliphatic rings. The van der Waals surface area contributed by atoms with Crippen LogP contribution in [0.2, 0.25) is 0 Å². The molecule has 1 fully saturated rings. The Bertz CT molecular complexity index is 510. The number of hydrogen-bond donors (Lipinski definition) is 1. The number of nitrogens with two attached hydrogens (primary N) is 1. The van der Waals surface area contributed by atoms with Crippen molar-refractivity contribution in [3.8, 4) is 0 Å². The van der Waals surface area contributed by atoms with E-state index in [1.54, 1.807) is 16.2 Å². The molecule has 2 aliphatic carbocycles. The van der Waals surface area contributed by atoms with Crippen molar-refractivity contribution in [2.45, 2.75) is 51.0 Å². The summed E-state index contributed by atoms with van der Waals surface area (Å²) in [4.78, 5) is 27.8. The minimum absolute atomic E-state index is 0.00454. The molecule has 4 nitrogen and oxygen atoms in total. The molecule has 0 spiro atoms. The first-order valence-corrected chi connectivity index (χ1v) is 8.17. The van der Waals surface area contributed by atoms with E-state index in [0.29, 0.717) is 0 Å². The van der Waals surface area contributed by atoms with Gasteiger partial charge in [-0.2, -0.15) is 0 Å². The van der Waals surface area contributed by atoms with Gasteiger partial charge in [0.05, 0.1) is 11.4 Å². The van der Waals surface area contributed by atoms with Gasteiger partial charge in [-0.1, -0.05) is 12.8 Å². The molecular formula is C15H20N2O2S. The van der Waals surface area contributed by atoms with Gasteiger partial charge in [0.25, 0.3) is 5.91 Å². The van der Waals surface area contributed by atoms with Crippen molar-refractivity contribution in [2.24, 2.45) is 5.73 Å². The van der Waals surface area contributed by atoms with Crippen LogP contribution in [0.4, 0.5) is 0 Å². The number of thiophene rings is 1. The third-order valence-electron chi connectivity index (χ3n) is 4.31. The van der Waals surface area contributed by atoms with E-state index in [0.717, 1.165) is 43.4 Å². The van der Waals surface area contributed by atoms with Crippen LogP contribution in [0, 0.1) is 0 Å². The van der Waals surface area contributed by atoms with Crippen LogP contribution in [0.3, 0.4) is 0 Å². The summed E-state index contributed by atoms with van der Waals surface area (Å²) in [5.41, 5.74) is 6.64. The van der Waals surface area contributed by atoms with Crippen molar-refractivity contribution in [3.63, 3.8) is 0 Å². The molecular weight excluding hydrogens is 272 g/mol. The summed E-state index contributed by atoms with van der Waals surface area (Å²) in [5, 5.41) is 0. The second-order valence-electron chi connectivity index (χ2n) is 5.75. The number of carbonyl (C=O) groups is 2. The normalized spacial score (nSPS) is 18.2. The highest BCUT2D eigenvalue weighted by Gasteiger charge is 2.30. The number of nitrogens with zero attached hydrogens (tertiary/aromatic N) is 1. The SMILES string of the molecule is NC(=O)CN(C(=O)c1cc2c(s1)CCC2)C1CCCC1. The van der Waals surface area contributed by atoms with Crippen LogP contribution in [-0.4, -0.2) is 29.3 Å². The first kappa shape index (κ1) is 13.6. The van der Waals surface area contributed by atoms with Crippen LogP contribution >= 0.6 is 11.3 Å². The van der Waals surface area contributed by atoms with Crippen molar-refractivity contribution >= 4 is 23.2 Å². The minimum atomic E-state index is -0.422. The number of primary amides is 1. The molecule has 5 heteroatoms. The van der Waals surface area contributed by atoms with E-state index < -0.39 is 5.91 Å². The summed E-state index contributed by atoms with van der Waals surface area (Å²) in [6.45, 7) is 0.0477. The highest BCUT2D eigenvalue weighted by atomic mass is 32.1. The molecule has 3 rings (SSSR count). The molecule has 0 radical (unpaired) electrons. The predicted octanol–water partition coefficient (Wildman–Crippen LogP) is 2.11. The Balaban J connectivity index is 1.81. The van der Waals surface area contributed by atoms with Crippen LogP contribution < -0.4 is 5.73 Å². The lowest BCUT2D eigenvalue weighted by molar-refractivity contribution is -0.119. The van der Waals surface area contributed by atoms with Gasteiger partial charge in [0.1, 0.15) is 0 Å². The van der Waals surface area contributed by atoms with E-state index in [-0.39, 0.29) is 18.5 Å². The van der Waals surface area contributed by atoms with Crippen molar-refractivity contribution in [3.05, 3.63) is 21.4 Å². The zero-order valence-electron chi connectivity index (χ0n) is 11.6. The standard InChI is InChI=1S/C15H20N2O2S/c16-14(18)9-17(11-5-1-2-6-11)15(19)13-8-10-4-3-7-12(10)20-13/h8,11H,1-7,9H2,(H2,16,18). The molecule has 0 saturated heterocycles. The molecule has 1 aromatic rings. The molecule has 0 unspecified atom stereocenters. The fraction of sp³-hybridized carbons (Fsp3) is 0.600. The van der Waals surface area contributed by atoms with Crippen molar-refractivity contribution in [2.75, 3.05) is 6.54 Å². The third kappa shape index (κ3) is 2.59. The Morgan fingerprint density at radius 2 is 2.00 bits per heavy atom. The highest BCUT2D eigenvalue weighted by molar-refractivity contribution is 7.14. The van der Waals surface area contributed by atoms with Gasteiger partial charge < -0.3 is 10.6 Å². The van der Waals surface area contributed by atoms with E-state index in [9.17, 15) is 9.59 Å². The van der Waals surface area contributed by atoms with Gasteiger partial charge in [-0.25, -0.2) is 0 Å². The molecule has 2 amide bonds. The molecule has 2 N–H and O–H groups in total. The van der Waals surface area contributed by atoms with Crippen LogP contribution in [0.15, 0.2) is 6.07 Å². The first-order valence-electron chi connectivity index (χ1n) is 7.36. The average Bonchev–Trinajstić information content (AvgIpc) is 3.09. The van der Waals surface area contributed by atoms with Crippen molar-refractivity contribution < 1.29 is 9.59 Å². The van der Waals surface area contributed by atoms with E-state index in [1.165, 1.54) is 16.9 Å². The molecule has 20 heavy (non-hydrogen) atoms. The van der Waals surface area contributed by atoms with Crippen LogP contribution in [-0.2, 0) is 17.6 Å².